The van der Waals surface area contributed by atoms with Crippen molar-refractivity contribution in [2.75, 3.05) is 39.4 Å². The molecule has 1 unspecified atom stereocenters. The Morgan fingerprint density at radius 1 is 1.36 bits per heavy atom. The van der Waals surface area contributed by atoms with Crippen molar-refractivity contribution in [3.63, 3.8) is 0 Å². The summed E-state index contributed by atoms with van der Waals surface area (Å²) in [5, 5.41) is 2.86. The third-order valence-electron chi connectivity index (χ3n) is 3.55. The lowest BCUT2D eigenvalue weighted by Crippen LogP contribution is -2.40. The minimum atomic E-state index is -0.603. The smallest absolute Gasteiger partial charge is 0.260 e. The zero-order chi connectivity index (χ0) is 15.8. The zero-order valence-corrected chi connectivity index (χ0v) is 12.9. The van der Waals surface area contributed by atoms with Crippen LogP contribution in [0.25, 0.3) is 0 Å². The third kappa shape index (κ3) is 5.61. The summed E-state index contributed by atoms with van der Waals surface area (Å²) in [7, 11) is 0. The molecule has 0 aliphatic carbocycles. The van der Waals surface area contributed by atoms with Crippen LogP contribution in [0.15, 0.2) is 24.3 Å². The van der Waals surface area contributed by atoms with E-state index in [1.807, 2.05) is 0 Å². The summed E-state index contributed by atoms with van der Waals surface area (Å²) in [6.07, 6.45) is 0.295. The third-order valence-corrected chi connectivity index (χ3v) is 3.55. The number of hydrogen-bond donors (Lipinski definition) is 1. The Morgan fingerprint density at radius 3 is 2.73 bits per heavy atom. The van der Waals surface area contributed by atoms with Crippen LogP contribution in [0.4, 0.5) is 4.39 Å². The first kappa shape index (κ1) is 16.7. The van der Waals surface area contributed by atoms with E-state index < -0.39 is 6.10 Å². The summed E-state index contributed by atoms with van der Waals surface area (Å²) in [5.74, 6) is -0.00348. The number of carbonyl (C=O) groups excluding carboxylic acids is 1. The van der Waals surface area contributed by atoms with E-state index in [1.165, 1.54) is 24.3 Å². The summed E-state index contributed by atoms with van der Waals surface area (Å²) < 4.78 is 23.6. The monoisotopic (exact) mass is 310 g/mol. The number of halogens is 1. The molecule has 1 saturated heterocycles. The number of morpholine rings is 1. The predicted octanol–water partition coefficient (Wildman–Crippen LogP) is 1.43. The number of carbonyl (C=O) groups is 1. The van der Waals surface area contributed by atoms with Crippen LogP contribution in [-0.2, 0) is 9.53 Å². The molecule has 0 bridgehead atoms. The fourth-order valence-corrected chi connectivity index (χ4v) is 2.25. The van der Waals surface area contributed by atoms with Gasteiger partial charge in [-0.1, -0.05) is 0 Å². The van der Waals surface area contributed by atoms with Crippen LogP contribution in [0.3, 0.4) is 0 Å². The number of amides is 1. The van der Waals surface area contributed by atoms with Crippen LogP contribution in [0.1, 0.15) is 13.3 Å². The largest absolute Gasteiger partial charge is 0.481 e. The highest BCUT2D eigenvalue weighted by molar-refractivity contribution is 5.80. The molecule has 1 fully saturated rings. The van der Waals surface area contributed by atoms with E-state index in [1.54, 1.807) is 6.92 Å². The minimum absolute atomic E-state index is 0.161. The van der Waals surface area contributed by atoms with Crippen LogP contribution in [-0.4, -0.2) is 56.3 Å². The second-order valence-corrected chi connectivity index (χ2v) is 5.31. The SMILES string of the molecule is CC(Oc1ccc(F)cc1)C(=O)NCCCN1CCOCC1. The Kier molecular flexibility index (Phi) is 6.61. The van der Waals surface area contributed by atoms with Gasteiger partial charge in [0.2, 0.25) is 0 Å². The lowest BCUT2D eigenvalue weighted by atomic mass is 10.3. The van der Waals surface area contributed by atoms with Gasteiger partial charge in [-0.05, 0) is 44.2 Å². The molecule has 5 nitrogen and oxygen atoms in total. The molecule has 6 heteroatoms. The summed E-state index contributed by atoms with van der Waals surface area (Å²) in [5.41, 5.74) is 0. The van der Waals surface area contributed by atoms with Crippen LogP contribution in [0.2, 0.25) is 0 Å². The average molecular weight is 310 g/mol. The molecule has 22 heavy (non-hydrogen) atoms. The molecular weight excluding hydrogens is 287 g/mol. The van der Waals surface area contributed by atoms with E-state index >= 15 is 0 Å². The normalized spacial score (nSPS) is 17.0. The maximum Gasteiger partial charge on any atom is 0.260 e. The van der Waals surface area contributed by atoms with Crippen molar-refractivity contribution in [1.29, 1.82) is 0 Å². The molecule has 1 N–H and O–H groups in total. The molecule has 2 rings (SSSR count). The highest BCUT2D eigenvalue weighted by atomic mass is 19.1. The lowest BCUT2D eigenvalue weighted by Gasteiger charge is -2.26. The van der Waals surface area contributed by atoms with Gasteiger partial charge < -0.3 is 14.8 Å². The van der Waals surface area contributed by atoms with Crippen molar-refractivity contribution >= 4 is 5.91 Å². The van der Waals surface area contributed by atoms with Crippen molar-refractivity contribution in [2.24, 2.45) is 0 Å². The minimum Gasteiger partial charge on any atom is -0.481 e. The van der Waals surface area contributed by atoms with Crippen LogP contribution in [0, 0.1) is 5.82 Å². The average Bonchev–Trinajstić information content (AvgIpc) is 2.54. The Labute approximate surface area is 130 Å². The van der Waals surface area contributed by atoms with E-state index in [-0.39, 0.29) is 11.7 Å². The van der Waals surface area contributed by atoms with E-state index in [2.05, 4.69) is 10.2 Å². The van der Waals surface area contributed by atoms with Gasteiger partial charge in [-0.3, -0.25) is 9.69 Å². The maximum absolute atomic E-state index is 12.8. The van der Waals surface area contributed by atoms with Crippen molar-refractivity contribution in [3.8, 4) is 5.75 Å². The number of nitrogens with one attached hydrogen (secondary N) is 1. The first-order chi connectivity index (χ1) is 10.6. The van der Waals surface area contributed by atoms with Gasteiger partial charge in [-0.25, -0.2) is 4.39 Å². The molecule has 1 aromatic rings. The van der Waals surface area contributed by atoms with E-state index in [0.717, 1.165) is 39.3 Å². The van der Waals surface area contributed by atoms with Gasteiger partial charge in [-0.15, -0.1) is 0 Å². The van der Waals surface area contributed by atoms with E-state index in [0.29, 0.717) is 12.3 Å². The fourth-order valence-electron chi connectivity index (χ4n) is 2.25. The fraction of sp³-hybridized carbons (Fsp3) is 0.562. The molecule has 1 aromatic carbocycles. The van der Waals surface area contributed by atoms with Gasteiger partial charge in [0.15, 0.2) is 6.10 Å². The van der Waals surface area contributed by atoms with Gasteiger partial charge >= 0.3 is 0 Å². The first-order valence-corrected chi connectivity index (χ1v) is 7.65. The predicted molar refractivity (Wildman–Crippen MR) is 81.4 cm³/mol. The van der Waals surface area contributed by atoms with Gasteiger partial charge in [0.1, 0.15) is 11.6 Å². The molecule has 0 radical (unpaired) electrons. The van der Waals surface area contributed by atoms with Crippen LogP contribution < -0.4 is 10.1 Å². The van der Waals surface area contributed by atoms with Crippen molar-refractivity contribution in [3.05, 3.63) is 30.1 Å². The highest BCUT2D eigenvalue weighted by Crippen LogP contribution is 2.12. The Morgan fingerprint density at radius 2 is 2.05 bits per heavy atom. The molecular formula is C16H23FN2O3. The second-order valence-electron chi connectivity index (χ2n) is 5.31. The van der Waals surface area contributed by atoms with Crippen LogP contribution in [0.5, 0.6) is 5.75 Å². The molecule has 1 heterocycles. The van der Waals surface area contributed by atoms with Crippen molar-refractivity contribution in [2.45, 2.75) is 19.4 Å². The summed E-state index contributed by atoms with van der Waals surface area (Å²) in [6.45, 7) is 6.74. The molecule has 1 aliphatic heterocycles. The van der Waals surface area contributed by atoms with E-state index in [9.17, 15) is 9.18 Å². The molecule has 0 aromatic heterocycles. The van der Waals surface area contributed by atoms with Crippen molar-refractivity contribution < 1.29 is 18.7 Å². The zero-order valence-electron chi connectivity index (χ0n) is 12.9. The lowest BCUT2D eigenvalue weighted by molar-refractivity contribution is -0.127. The molecule has 0 spiro atoms. The molecule has 0 saturated carbocycles. The summed E-state index contributed by atoms with van der Waals surface area (Å²) in [4.78, 5) is 14.2. The second kappa shape index (κ2) is 8.70. The van der Waals surface area contributed by atoms with Gasteiger partial charge in [0.25, 0.3) is 5.91 Å². The van der Waals surface area contributed by atoms with Gasteiger partial charge in [0.05, 0.1) is 13.2 Å². The molecule has 1 aliphatic rings. The maximum atomic E-state index is 12.8. The first-order valence-electron chi connectivity index (χ1n) is 7.65. The summed E-state index contributed by atoms with van der Waals surface area (Å²) in [6, 6.07) is 5.64. The summed E-state index contributed by atoms with van der Waals surface area (Å²) >= 11 is 0. The van der Waals surface area contributed by atoms with Crippen molar-refractivity contribution in [1.82, 2.24) is 10.2 Å². The van der Waals surface area contributed by atoms with Crippen LogP contribution >= 0.6 is 0 Å². The quantitative estimate of drug-likeness (QED) is 0.774. The Balaban J connectivity index is 1.62. The topological polar surface area (TPSA) is 50.8 Å². The number of benzene rings is 1. The number of hydrogen-bond acceptors (Lipinski definition) is 4. The number of ether oxygens (including phenoxy) is 2. The highest BCUT2D eigenvalue weighted by Gasteiger charge is 2.14. The van der Waals surface area contributed by atoms with E-state index in [4.69, 9.17) is 9.47 Å². The Bertz CT molecular complexity index is 461. The Hall–Kier alpha value is -1.66. The number of rotatable bonds is 7. The number of nitrogens with zero attached hydrogens (tertiary/aromatic N) is 1. The standard InChI is InChI=1S/C16H23FN2O3/c1-13(22-15-5-3-14(17)4-6-15)16(20)18-7-2-8-19-9-11-21-12-10-19/h3-6,13H,2,7-12H2,1H3,(H,18,20). The molecule has 1 atom stereocenters. The van der Waals surface area contributed by atoms with Gasteiger partial charge in [-0.2, -0.15) is 0 Å². The molecule has 1 amide bonds. The molecule has 122 valence electrons. The van der Waals surface area contributed by atoms with Gasteiger partial charge in [0, 0.05) is 19.6 Å².